The molecule has 7 heteroatoms. The molecule has 1 aromatic carbocycles. The van der Waals surface area contributed by atoms with Gasteiger partial charge in [-0.15, -0.1) is 0 Å². The van der Waals surface area contributed by atoms with Gasteiger partial charge in [-0.2, -0.15) is 0 Å². The molecule has 146 valence electrons. The number of hydrogen-bond acceptors (Lipinski definition) is 6. The van der Waals surface area contributed by atoms with E-state index in [1.54, 1.807) is 36.5 Å². The van der Waals surface area contributed by atoms with E-state index in [1.165, 1.54) is 0 Å². The number of nitrogens with one attached hydrogen (secondary N) is 2. The molecular formula is C21H24N4O3. The van der Waals surface area contributed by atoms with E-state index in [0.29, 0.717) is 41.5 Å². The first-order valence-electron chi connectivity index (χ1n) is 9.61. The maximum Gasteiger partial charge on any atom is 0.251 e. The number of hydrogen-bond donors (Lipinski definition) is 3. The van der Waals surface area contributed by atoms with Gasteiger partial charge in [0.15, 0.2) is 0 Å². The van der Waals surface area contributed by atoms with Gasteiger partial charge in [0.1, 0.15) is 6.10 Å². The van der Waals surface area contributed by atoms with E-state index < -0.39 is 0 Å². The van der Waals surface area contributed by atoms with Crippen molar-refractivity contribution in [3.63, 3.8) is 0 Å². The zero-order valence-corrected chi connectivity index (χ0v) is 15.6. The Balaban J connectivity index is 1.59. The minimum atomic E-state index is -0.116. The number of pyridine rings is 1. The molecule has 0 atom stereocenters. The van der Waals surface area contributed by atoms with Gasteiger partial charge in [0.25, 0.3) is 5.91 Å². The zero-order valence-electron chi connectivity index (χ0n) is 15.6. The molecule has 7 nitrogen and oxygen atoms in total. The predicted octanol–water partition coefficient (Wildman–Crippen LogP) is 2.53. The number of benzene rings is 1. The lowest BCUT2D eigenvalue weighted by molar-refractivity contribution is 0.0237. The van der Waals surface area contributed by atoms with Crippen molar-refractivity contribution in [3.05, 3.63) is 53.2 Å². The summed E-state index contributed by atoms with van der Waals surface area (Å²) >= 11 is 0. The first-order chi connectivity index (χ1) is 13.6. The second kappa shape index (κ2) is 7.98. The van der Waals surface area contributed by atoms with Crippen molar-refractivity contribution in [2.75, 3.05) is 18.9 Å². The Hall–Kier alpha value is -2.93. The number of nitrogens with zero attached hydrogens (tertiary/aromatic N) is 1. The van der Waals surface area contributed by atoms with Gasteiger partial charge in [-0.1, -0.05) is 12.1 Å². The molecule has 4 rings (SSSR count). The Morgan fingerprint density at radius 2 is 1.93 bits per heavy atom. The molecule has 2 heterocycles. The van der Waals surface area contributed by atoms with Gasteiger partial charge in [-0.25, -0.2) is 4.98 Å². The van der Waals surface area contributed by atoms with Gasteiger partial charge in [0.2, 0.25) is 5.88 Å². The van der Waals surface area contributed by atoms with Crippen LogP contribution in [-0.2, 0) is 4.74 Å². The van der Waals surface area contributed by atoms with Crippen molar-refractivity contribution in [1.29, 1.82) is 5.41 Å². The van der Waals surface area contributed by atoms with Crippen LogP contribution in [0, 0.1) is 5.41 Å². The van der Waals surface area contributed by atoms with Crippen LogP contribution in [0.4, 0.5) is 5.69 Å². The van der Waals surface area contributed by atoms with Crippen LogP contribution in [0.25, 0.3) is 0 Å². The van der Waals surface area contributed by atoms with Crippen molar-refractivity contribution in [1.82, 2.24) is 10.3 Å². The molecule has 2 fully saturated rings. The molecule has 1 saturated carbocycles. The Morgan fingerprint density at radius 1 is 1.18 bits per heavy atom. The topological polar surface area (TPSA) is 110 Å². The molecule has 1 aliphatic heterocycles. The predicted molar refractivity (Wildman–Crippen MR) is 106 cm³/mol. The van der Waals surface area contributed by atoms with Crippen molar-refractivity contribution >= 4 is 17.3 Å². The summed E-state index contributed by atoms with van der Waals surface area (Å²) in [4.78, 5) is 16.7. The summed E-state index contributed by atoms with van der Waals surface area (Å²) in [6.45, 7) is 1.30. The monoisotopic (exact) mass is 380 g/mol. The van der Waals surface area contributed by atoms with E-state index in [-0.39, 0.29) is 23.8 Å². The summed E-state index contributed by atoms with van der Waals surface area (Å²) in [6.07, 6.45) is 5.19. The van der Waals surface area contributed by atoms with Crippen LogP contribution in [-0.4, -0.2) is 42.0 Å². The lowest BCUT2D eigenvalue weighted by Gasteiger charge is -2.24. The number of rotatable bonds is 6. The minimum absolute atomic E-state index is 0.00902. The van der Waals surface area contributed by atoms with E-state index in [9.17, 15) is 4.79 Å². The maximum absolute atomic E-state index is 12.3. The van der Waals surface area contributed by atoms with Gasteiger partial charge >= 0.3 is 0 Å². The molecule has 0 unspecified atom stereocenters. The normalized spacial score (nSPS) is 17.1. The molecule has 1 aromatic heterocycles. The lowest BCUT2D eigenvalue weighted by atomic mass is 9.99. The average molecular weight is 380 g/mol. The fourth-order valence-corrected chi connectivity index (χ4v) is 3.21. The Kier molecular flexibility index (Phi) is 5.25. The number of nitrogens with two attached hydrogens (primary N) is 1. The highest BCUT2D eigenvalue weighted by molar-refractivity contribution is 6.16. The third-order valence-electron chi connectivity index (χ3n) is 4.97. The standard InChI is InChI=1S/C21H24N4O3/c22-17-6-9-24-21(28-16-7-10-27-11-8-16)18(17)19(23)13-2-1-3-14(12-13)20(26)25-15-4-5-15/h1-3,6,9,12,15-16,23H,4-5,7-8,10-11H2,(H2,22,24)(H,25,26). The number of carbonyl (C=O) groups excluding carboxylic acids is 1. The van der Waals surface area contributed by atoms with Crippen LogP contribution in [0.3, 0.4) is 0 Å². The SMILES string of the molecule is N=C(c1cccc(C(=O)NC2CC2)c1)c1c(N)ccnc1OC1CCOCC1. The van der Waals surface area contributed by atoms with Gasteiger partial charge in [-0.05, 0) is 31.0 Å². The number of amides is 1. The Labute approximate surface area is 163 Å². The van der Waals surface area contributed by atoms with Crippen molar-refractivity contribution in [2.24, 2.45) is 0 Å². The first-order valence-corrected chi connectivity index (χ1v) is 9.61. The molecule has 1 saturated heterocycles. The van der Waals surface area contributed by atoms with Crippen molar-refractivity contribution in [2.45, 2.75) is 37.8 Å². The fourth-order valence-electron chi connectivity index (χ4n) is 3.21. The highest BCUT2D eigenvalue weighted by atomic mass is 16.5. The maximum atomic E-state index is 12.3. The summed E-state index contributed by atoms with van der Waals surface area (Å²) in [6, 6.07) is 8.97. The minimum Gasteiger partial charge on any atom is -0.474 e. The Bertz CT molecular complexity index is 889. The van der Waals surface area contributed by atoms with Gasteiger partial charge in [0, 0.05) is 41.9 Å². The number of nitrogen functional groups attached to an aromatic ring is 1. The van der Waals surface area contributed by atoms with Crippen molar-refractivity contribution < 1.29 is 14.3 Å². The summed E-state index contributed by atoms with van der Waals surface area (Å²) < 4.78 is 11.4. The van der Waals surface area contributed by atoms with Crippen molar-refractivity contribution in [3.8, 4) is 5.88 Å². The average Bonchev–Trinajstić information content (AvgIpc) is 3.53. The summed E-state index contributed by atoms with van der Waals surface area (Å²) in [5.74, 6) is 0.236. The quantitative estimate of drug-likeness (QED) is 0.667. The highest BCUT2D eigenvalue weighted by Gasteiger charge is 2.25. The third kappa shape index (κ3) is 4.14. The van der Waals surface area contributed by atoms with E-state index in [1.807, 2.05) is 0 Å². The van der Waals surface area contributed by atoms with E-state index in [2.05, 4.69) is 10.3 Å². The van der Waals surface area contributed by atoms with Crippen LogP contribution in [0.15, 0.2) is 36.5 Å². The molecule has 28 heavy (non-hydrogen) atoms. The highest BCUT2D eigenvalue weighted by Crippen LogP contribution is 2.28. The van der Waals surface area contributed by atoms with E-state index >= 15 is 0 Å². The number of aromatic nitrogens is 1. The molecule has 0 radical (unpaired) electrons. The van der Waals surface area contributed by atoms with Crippen LogP contribution < -0.4 is 15.8 Å². The molecule has 2 aliphatic rings. The summed E-state index contributed by atoms with van der Waals surface area (Å²) in [5, 5.41) is 11.7. The fraction of sp³-hybridized carbons (Fsp3) is 0.381. The van der Waals surface area contributed by atoms with E-state index in [0.717, 1.165) is 25.7 Å². The number of carbonyl (C=O) groups is 1. The van der Waals surface area contributed by atoms with Crippen LogP contribution in [0.1, 0.15) is 47.2 Å². The second-order valence-electron chi connectivity index (χ2n) is 7.21. The number of anilines is 1. The molecule has 1 amide bonds. The van der Waals surface area contributed by atoms with E-state index in [4.69, 9.17) is 20.6 Å². The van der Waals surface area contributed by atoms with Gasteiger partial charge < -0.3 is 20.5 Å². The van der Waals surface area contributed by atoms with Gasteiger partial charge in [0.05, 0.1) is 24.5 Å². The van der Waals surface area contributed by atoms with Crippen LogP contribution in [0.5, 0.6) is 5.88 Å². The molecule has 2 aromatic rings. The second-order valence-corrected chi connectivity index (χ2v) is 7.21. The van der Waals surface area contributed by atoms with Gasteiger partial charge in [-0.3, -0.25) is 10.2 Å². The molecule has 1 aliphatic carbocycles. The molecule has 0 spiro atoms. The smallest absolute Gasteiger partial charge is 0.251 e. The summed E-state index contributed by atoms with van der Waals surface area (Å²) in [7, 11) is 0. The molecular weight excluding hydrogens is 356 g/mol. The largest absolute Gasteiger partial charge is 0.474 e. The number of ether oxygens (including phenoxy) is 2. The van der Waals surface area contributed by atoms with Crippen LogP contribution >= 0.6 is 0 Å². The lowest BCUT2D eigenvalue weighted by Crippen LogP contribution is -2.27. The third-order valence-corrected chi connectivity index (χ3v) is 4.97. The summed E-state index contributed by atoms with van der Waals surface area (Å²) in [5.41, 5.74) is 8.37. The molecule has 4 N–H and O–H groups in total. The Morgan fingerprint density at radius 3 is 2.68 bits per heavy atom. The van der Waals surface area contributed by atoms with Crippen LogP contribution in [0.2, 0.25) is 0 Å². The first kappa shape index (κ1) is 18.4. The molecule has 0 bridgehead atoms. The zero-order chi connectivity index (χ0) is 19.5.